The van der Waals surface area contributed by atoms with Gasteiger partial charge in [-0.1, -0.05) is 12.1 Å². The number of nitrogens with one attached hydrogen (secondary N) is 1. The minimum Gasteiger partial charge on any atom is -0.497 e. The van der Waals surface area contributed by atoms with E-state index in [-0.39, 0.29) is 5.41 Å². The minimum absolute atomic E-state index is 0.214. The quantitative estimate of drug-likeness (QED) is 0.765. The lowest BCUT2D eigenvalue weighted by Gasteiger charge is -2.42. The second-order valence-corrected chi connectivity index (χ2v) is 4.71. The van der Waals surface area contributed by atoms with E-state index < -0.39 is 0 Å². The van der Waals surface area contributed by atoms with E-state index in [1.54, 1.807) is 7.11 Å². The number of rotatable bonds is 6. The standard InChI is InChI=1S/C14H21NO2/c1-15-8-4-7-14(10-17-11-14)12-5-3-6-13(9-12)16-2/h3,5-6,9,15H,4,7-8,10-11H2,1-2H3. The smallest absolute Gasteiger partial charge is 0.119 e. The van der Waals surface area contributed by atoms with Crippen LogP contribution in [0.3, 0.4) is 0 Å². The first-order valence-corrected chi connectivity index (χ1v) is 6.18. The highest BCUT2D eigenvalue weighted by molar-refractivity contribution is 5.35. The van der Waals surface area contributed by atoms with E-state index in [4.69, 9.17) is 9.47 Å². The summed E-state index contributed by atoms with van der Waals surface area (Å²) in [4.78, 5) is 0. The summed E-state index contributed by atoms with van der Waals surface area (Å²) in [7, 11) is 3.71. The van der Waals surface area contributed by atoms with Gasteiger partial charge >= 0.3 is 0 Å². The first-order valence-electron chi connectivity index (χ1n) is 6.18. The lowest BCUT2D eigenvalue weighted by molar-refractivity contribution is -0.0651. The highest BCUT2D eigenvalue weighted by atomic mass is 16.5. The van der Waals surface area contributed by atoms with Crippen molar-refractivity contribution >= 4 is 0 Å². The Labute approximate surface area is 103 Å². The Morgan fingerprint density at radius 2 is 2.24 bits per heavy atom. The molecule has 0 aromatic heterocycles. The molecule has 0 radical (unpaired) electrons. The third-order valence-corrected chi connectivity index (χ3v) is 3.52. The van der Waals surface area contributed by atoms with Gasteiger partial charge in [-0.2, -0.15) is 0 Å². The topological polar surface area (TPSA) is 30.5 Å². The fourth-order valence-corrected chi connectivity index (χ4v) is 2.36. The number of ether oxygens (including phenoxy) is 2. The van der Waals surface area contributed by atoms with Gasteiger partial charge in [-0.3, -0.25) is 0 Å². The molecule has 1 N–H and O–H groups in total. The van der Waals surface area contributed by atoms with Crippen LogP contribution in [0.4, 0.5) is 0 Å². The molecule has 17 heavy (non-hydrogen) atoms. The molecule has 0 aliphatic carbocycles. The fourth-order valence-electron chi connectivity index (χ4n) is 2.36. The van der Waals surface area contributed by atoms with Crippen molar-refractivity contribution in [3.05, 3.63) is 29.8 Å². The van der Waals surface area contributed by atoms with Crippen LogP contribution >= 0.6 is 0 Å². The molecule has 1 fully saturated rings. The molecule has 0 amide bonds. The van der Waals surface area contributed by atoms with Crippen LogP contribution in [0, 0.1) is 0 Å². The van der Waals surface area contributed by atoms with Gasteiger partial charge < -0.3 is 14.8 Å². The van der Waals surface area contributed by atoms with Gasteiger partial charge in [-0.05, 0) is 44.1 Å². The molecule has 1 aliphatic heterocycles. The molecule has 3 nitrogen and oxygen atoms in total. The Morgan fingerprint density at radius 3 is 2.82 bits per heavy atom. The van der Waals surface area contributed by atoms with Gasteiger partial charge in [0, 0.05) is 5.41 Å². The van der Waals surface area contributed by atoms with Crippen molar-refractivity contribution in [3.8, 4) is 5.75 Å². The second-order valence-electron chi connectivity index (χ2n) is 4.71. The highest BCUT2D eigenvalue weighted by Gasteiger charge is 2.39. The predicted octanol–water partition coefficient (Wildman–Crippen LogP) is 1.96. The molecule has 3 heteroatoms. The molecule has 0 saturated carbocycles. The Bertz CT molecular complexity index is 361. The van der Waals surface area contributed by atoms with E-state index in [2.05, 4.69) is 23.5 Å². The van der Waals surface area contributed by atoms with Crippen LogP contribution < -0.4 is 10.1 Å². The third-order valence-electron chi connectivity index (χ3n) is 3.52. The lowest BCUT2D eigenvalue weighted by Crippen LogP contribution is -2.47. The molecular weight excluding hydrogens is 214 g/mol. The summed E-state index contributed by atoms with van der Waals surface area (Å²) in [5.41, 5.74) is 1.56. The number of benzene rings is 1. The van der Waals surface area contributed by atoms with E-state index >= 15 is 0 Å². The van der Waals surface area contributed by atoms with E-state index in [0.29, 0.717) is 0 Å². The molecule has 2 rings (SSSR count). The van der Waals surface area contributed by atoms with Crippen LogP contribution in [-0.2, 0) is 10.2 Å². The van der Waals surface area contributed by atoms with Crippen molar-refractivity contribution in [2.24, 2.45) is 0 Å². The van der Waals surface area contributed by atoms with E-state index in [0.717, 1.165) is 25.5 Å². The summed E-state index contributed by atoms with van der Waals surface area (Å²) in [5.74, 6) is 0.933. The maximum atomic E-state index is 5.44. The zero-order valence-corrected chi connectivity index (χ0v) is 10.7. The largest absolute Gasteiger partial charge is 0.497 e. The van der Waals surface area contributed by atoms with Crippen molar-refractivity contribution in [2.75, 3.05) is 33.9 Å². The van der Waals surface area contributed by atoms with E-state index in [1.165, 1.54) is 18.4 Å². The average molecular weight is 235 g/mol. The van der Waals surface area contributed by atoms with Gasteiger partial charge in [-0.15, -0.1) is 0 Å². The molecule has 0 atom stereocenters. The van der Waals surface area contributed by atoms with Crippen molar-refractivity contribution in [1.82, 2.24) is 5.32 Å². The van der Waals surface area contributed by atoms with Crippen LogP contribution in [0.2, 0.25) is 0 Å². The zero-order valence-electron chi connectivity index (χ0n) is 10.7. The summed E-state index contributed by atoms with van der Waals surface area (Å²) in [5, 5.41) is 3.20. The third kappa shape index (κ3) is 2.61. The molecule has 1 aromatic rings. The maximum absolute atomic E-state index is 5.44. The van der Waals surface area contributed by atoms with Gasteiger partial charge in [-0.25, -0.2) is 0 Å². The summed E-state index contributed by atoms with van der Waals surface area (Å²) >= 11 is 0. The van der Waals surface area contributed by atoms with E-state index in [9.17, 15) is 0 Å². The van der Waals surface area contributed by atoms with Crippen molar-refractivity contribution in [1.29, 1.82) is 0 Å². The van der Waals surface area contributed by atoms with Crippen LogP contribution in [0.25, 0.3) is 0 Å². The maximum Gasteiger partial charge on any atom is 0.119 e. The number of hydrogen-bond acceptors (Lipinski definition) is 3. The van der Waals surface area contributed by atoms with Gasteiger partial charge in [0.25, 0.3) is 0 Å². The van der Waals surface area contributed by atoms with E-state index in [1.807, 2.05) is 13.1 Å². The van der Waals surface area contributed by atoms with Crippen molar-refractivity contribution in [2.45, 2.75) is 18.3 Å². The van der Waals surface area contributed by atoms with Crippen LogP contribution in [-0.4, -0.2) is 33.9 Å². The molecular formula is C14H21NO2. The normalized spacial score (nSPS) is 17.5. The Hall–Kier alpha value is -1.06. The minimum atomic E-state index is 0.214. The van der Waals surface area contributed by atoms with Crippen LogP contribution in [0.15, 0.2) is 24.3 Å². The molecule has 1 heterocycles. The molecule has 1 aromatic carbocycles. The number of methoxy groups -OCH3 is 1. The summed E-state index contributed by atoms with van der Waals surface area (Å²) in [6.45, 7) is 2.74. The predicted molar refractivity (Wildman–Crippen MR) is 68.7 cm³/mol. The average Bonchev–Trinajstić information content (AvgIpc) is 2.33. The zero-order chi connectivity index (χ0) is 12.1. The molecule has 94 valence electrons. The second kappa shape index (κ2) is 5.52. The summed E-state index contributed by atoms with van der Waals surface area (Å²) < 4.78 is 10.7. The Kier molecular flexibility index (Phi) is 4.02. The van der Waals surface area contributed by atoms with Gasteiger partial charge in [0.1, 0.15) is 5.75 Å². The molecule has 0 bridgehead atoms. The van der Waals surface area contributed by atoms with Crippen molar-refractivity contribution in [3.63, 3.8) is 0 Å². The Morgan fingerprint density at radius 1 is 1.41 bits per heavy atom. The monoisotopic (exact) mass is 235 g/mol. The molecule has 0 unspecified atom stereocenters. The number of hydrogen-bond donors (Lipinski definition) is 1. The summed E-state index contributed by atoms with van der Waals surface area (Å²) in [6, 6.07) is 8.38. The highest BCUT2D eigenvalue weighted by Crippen LogP contribution is 2.37. The van der Waals surface area contributed by atoms with Gasteiger partial charge in [0.05, 0.1) is 20.3 Å². The summed E-state index contributed by atoms with van der Waals surface area (Å²) in [6.07, 6.45) is 2.35. The Balaban J connectivity index is 2.10. The molecule has 1 saturated heterocycles. The SMILES string of the molecule is CNCCCC1(c2cccc(OC)c2)COC1. The first kappa shape index (κ1) is 12.4. The lowest BCUT2D eigenvalue weighted by atomic mass is 9.75. The van der Waals surface area contributed by atoms with Crippen LogP contribution in [0.1, 0.15) is 18.4 Å². The first-order chi connectivity index (χ1) is 8.30. The van der Waals surface area contributed by atoms with Gasteiger partial charge in [0.2, 0.25) is 0 Å². The van der Waals surface area contributed by atoms with Gasteiger partial charge in [0.15, 0.2) is 0 Å². The van der Waals surface area contributed by atoms with Crippen LogP contribution in [0.5, 0.6) is 5.75 Å². The fraction of sp³-hybridized carbons (Fsp3) is 0.571. The van der Waals surface area contributed by atoms with Crippen molar-refractivity contribution < 1.29 is 9.47 Å². The molecule has 0 spiro atoms. The molecule has 1 aliphatic rings.